The standard InChI is InChI=1S/C5H12NOS/c1-4-5-8-6(2,3)7/h4,7H,1,5H2,2-3H3/q+1. The van der Waals surface area contributed by atoms with Crippen LogP contribution in [0.4, 0.5) is 0 Å². The van der Waals surface area contributed by atoms with Crippen LogP contribution in [-0.2, 0) is 0 Å². The number of hydroxylamine groups is 2. The third-order valence-electron chi connectivity index (χ3n) is 0.508. The maximum atomic E-state index is 9.00. The van der Waals surface area contributed by atoms with Gasteiger partial charge in [-0.25, -0.2) is 5.21 Å². The average molecular weight is 134 g/mol. The van der Waals surface area contributed by atoms with E-state index < -0.39 is 0 Å². The van der Waals surface area contributed by atoms with E-state index in [1.807, 2.05) is 0 Å². The molecular formula is C5H12NOS+. The van der Waals surface area contributed by atoms with E-state index >= 15 is 0 Å². The van der Waals surface area contributed by atoms with Crippen molar-refractivity contribution in [3.8, 4) is 0 Å². The molecule has 0 bridgehead atoms. The molecule has 1 N–H and O–H groups in total. The van der Waals surface area contributed by atoms with Crippen LogP contribution in [0.3, 0.4) is 0 Å². The van der Waals surface area contributed by atoms with Gasteiger partial charge in [0.15, 0.2) is 0 Å². The Bertz CT molecular complexity index is 77.0. The Kier molecular flexibility index (Phi) is 3.12. The van der Waals surface area contributed by atoms with Crippen LogP contribution in [0, 0.1) is 0 Å². The summed E-state index contributed by atoms with van der Waals surface area (Å²) in [7, 11) is 3.41. The molecule has 0 spiro atoms. The molecule has 2 nitrogen and oxygen atoms in total. The molecule has 0 aliphatic rings. The Morgan fingerprint density at radius 1 is 1.75 bits per heavy atom. The van der Waals surface area contributed by atoms with Crippen LogP contribution in [0.1, 0.15) is 0 Å². The first-order chi connectivity index (χ1) is 3.56. The van der Waals surface area contributed by atoms with Gasteiger partial charge >= 0.3 is 0 Å². The fourth-order valence-electron chi connectivity index (χ4n) is 0.235. The van der Waals surface area contributed by atoms with E-state index in [0.29, 0.717) is 0 Å². The third kappa shape index (κ3) is 6.01. The minimum atomic E-state index is -0.0496. The predicted molar refractivity (Wildman–Crippen MR) is 36.5 cm³/mol. The number of nitrogens with zero attached hydrogens (tertiary/aromatic N) is 1. The number of quaternary nitrogens is 1. The molecule has 0 atom stereocenters. The summed E-state index contributed by atoms with van der Waals surface area (Å²) in [5, 5.41) is 9.00. The molecule has 0 saturated carbocycles. The van der Waals surface area contributed by atoms with Gasteiger partial charge in [0.2, 0.25) is 0 Å². The van der Waals surface area contributed by atoms with Crippen LogP contribution in [0.2, 0.25) is 0 Å². The van der Waals surface area contributed by atoms with E-state index in [-0.39, 0.29) is 4.05 Å². The first-order valence-corrected chi connectivity index (χ1v) is 3.32. The van der Waals surface area contributed by atoms with Crippen molar-refractivity contribution in [2.45, 2.75) is 0 Å². The lowest BCUT2D eigenvalue weighted by Gasteiger charge is -2.14. The second-order valence-electron chi connectivity index (χ2n) is 1.88. The van der Waals surface area contributed by atoms with Crippen molar-refractivity contribution >= 4 is 11.9 Å². The van der Waals surface area contributed by atoms with E-state index in [1.54, 1.807) is 20.2 Å². The molecule has 0 aromatic carbocycles. The van der Waals surface area contributed by atoms with Crippen LogP contribution < -0.4 is 0 Å². The van der Waals surface area contributed by atoms with E-state index in [2.05, 4.69) is 6.58 Å². The summed E-state index contributed by atoms with van der Waals surface area (Å²) in [6.45, 7) is 3.52. The van der Waals surface area contributed by atoms with Gasteiger partial charge in [0.1, 0.15) is 26.0 Å². The summed E-state index contributed by atoms with van der Waals surface area (Å²) in [4.78, 5) is 0. The van der Waals surface area contributed by atoms with Crippen LogP contribution >= 0.6 is 11.9 Å². The minimum absolute atomic E-state index is 0.0496. The van der Waals surface area contributed by atoms with Gasteiger partial charge in [-0.15, -0.1) is 10.6 Å². The normalized spacial score (nSPS) is 11.4. The number of hydrogen-bond donors (Lipinski definition) is 1. The molecule has 0 aliphatic carbocycles. The molecule has 0 aromatic rings. The van der Waals surface area contributed by atoms with Crippen molar-refractivity contribution in [3.63, 3.8) is 0 Å². The second kappa shape index (κ2) is 3.12. The molecule has 0 heterocycles. The topological polar surface area (TPSA) is 20.2 Å². The highest BCUT2D eigenvalue weighted by molar-refractivity contribution is 7.93. The summed E-state index contributed by atoms with van der Waals surface area (Å²) in [5.74, 6) is 0.781. The van der Waals surface area contributed by atoms with Gasteiger partial charge in [-0.1, -0.05) is 6.08 Å². The lowest BCUT2D eigenvalue weighted by atomic mass is 10.8. The fourth-order valence-corrected chi connectivity index (χ4v) is 0.705. The molecule has 0 radical (unpaired) electrons. The third-order valence-corrected chi connectivity index (χ3v) is 1.52. The monoisotopic (exact) mass is 134 g/mol. The van der Waals surface area contributed by atoms with E-state index in [9.17, 15) is 0 Å². The highest BCUT2D eigenvalue weighted by Gasteiger charge is 2.09. The van der Waals surface area contributed by atoms with Crippen molar-refractivity contribution in [3.05, 3.63) is 12.7 Å². The van der Waals surface area contributed by atoms with Crippen molar-refractivity contribution in [2.75, 3.05) is 19.8 Å². The smallest absolute Gasteiger partial charge is 0.113 e. The van der Waals surface area contributed by atoms with E-state index in [4.69, 9.17) is 5.21 Å². The van der Waals surface area contributed by atoms with Crippen molar-refractivity contribution in [1.29, 1.82) is 0 Å². The molecule has 0 fully saturated rings. The number of hydrogen-bond acceptors (Lipinski definition) is 2. The molecule has 0 aromatic heterocycles. The molecule has 0 aliphatic heterocycles. The predicted octanol–water partition coefficient (Wildman–Crippen LogP) is 1.29. The Hall–Kier alpha value is 0.01000. The lowest BCUT2D eigenvalue weighted by Crippen LogP contribution is -2.26. The minimum Gasteiger partial charge on any atom is -0.205 e. The Labute approximate surface area is 54.5 Å². The van der Waals surface area contributed by atoms with E-state index in [0.717, 1.165) is 5.75 Å². The molecule has 8 heavy (non-hydrogen) atoms. The van der Waals surface area contributed by atoms with Crippen LogP contribution in [0.5, 0.6) is 0 Å². The first-order valence-electron chi connectivity index (χ1n) is 2.38. The van der Waals surface area contributed by atoms with Gasteiger partial charge in [-0.2, -0.15) is 0 Å². The van der Waals surface area contributed by atoms with Gasteiger partial charge in [0.25, 0.3) is 0 Å². The summed E-state index contributed by atoms with van der Waals surface area (Å²) in [5.41, 5.74) is 0. The van der Waals surface area contributed by atoms with Gasteiger partial charge in [0, 0.05) is 0 Å². The van der Waals surface area contributed by atoms with Crippen molar-refractivity contribution in [1.82, 2.24) is 0 Å². The zero-order chi connectivity index (χ0) is 6.62. The Morgan fingerprint density at radius 2 is 2.25 bits per heavy atom. The molecule has 0 unspecified atom stereocenters. The molecule has 3 heteroatoms. The summed E-state index contributed by atoms with van der Waals surface area (Å²) in [6, 6.07) is 0. The zero-order valence-corrected chi connectivity index (χ0v) is 6.11. The molecule has 48 valence electrons. The quantitative estimate of drug-likeness (QED) is 0.271. The lowest BCUT2D eigenvalue weighted by molar-refractivity contribution is -0.959. The van der Waals surface area contributed by atoms with Gasteiger partial charge in [0.05, 0.1) is 5.75 Å². The number of rotatable bonds is 3. The summed E-state index contributed by atoms with van der Waals surface area (Å²) >= 11 is 1.41. The highest BCUT2D eigenvalue weighted by atomic mass is 32.2. The molecule has 0 rings (SSSR count). The average Bonchev–Trinajstić information content (AvgIpc) is 1.59. The van der Waals surface area contributed by atoms with Gasteiger partial charge in [-0.3, -0.25) is 0 Å². The molecular weight excluding hydrogens is 122 g/mol. The highest BCUT2D eigenvalue weighted by Crippen LogP contribution is 2.10. The maximum absolute atomic E-state index is 9.00. The van der Waals surface area contributed by atoms with Crippen LogP contribution in [-0.4, -0.2) is 29.1 Å². The zero-order valence-electron chi connectivity index (χ0n) is 5.29. The Morgan fingerprint density at radius 3 is 2.38 bits per heavy atom. The van der Waals surface area contributed by atoms with Crippen LogP contribution in [0.15, 0.2) is 12.7 Å². The largest absolute Gasteiger partial charge is 0.205 e. The first kappa shape index (κ1) is 8.01. The van der Waals surface area contributed by atoms with Gasteiger partial charge < -0.3 is 0 Å². The second-order valence-corrected chi connectivity index (χ2v) is 3.36. The molecule has 0 amide bonds. The van der Waals surface area contributed by atoms with Crippen molar-refractivity contribution in [2.24, 2.45) is 0 Å². The maximum Gasteiger partial charge on any atom is 0.113 e. The SMILES string of the molecule is C=CCS[N+](C)(C)O. The van der Waals surface area contributed by atoms with Gasteiger partial charge in [-0.05, 0) is 0 Å². The Balaban J connectivity index is 3.24. The van der Waals surface area contributed by atoms with Crippen molar-refractivity contribution < 1.29 is 9.26 Å². The fraction of sp³-hybridized carbons (Fsp3) is 0.600. The summed E-state index contributed by atoms with van der Waals surface area (Å²) < 4.78 is -0.0496. The van der Waals surface area contributed by atoms with E-state index in [1.165, 1.54) is 11.9 Å². The molecule has 0 saturated heterocycles. The summed E-state index contributed by atoms with van der Waals surface area (Å²) in [6.07, 6.45) is 1.76. The van der Waals surface area contributed by atoms with Crippen LogP contribution in [0.25, 0.3) is 0 Å².